The fraction of sp³-hybridized carbons (Fsp3) is 0.0714. The van der Waals surface area contributed by atoms with Crippen LogP contribution in [-0.2, 0) is 11.3 Å². The number of rotatable bonds is 3. The Kier molecular flexibility index (Phi) is 3.62. The van der Waals surface area contributed by atoms with Crippen molar-refractivity contribution in [3.63, 3.8) is 0 Å². The van der Waals surface area contributed by atoms with Crippen LogP contribution in [0, 0.1) is 10.1 Å². The van der Waals surface area contributed by atoms with Gasteiger partial charge in [-0.25, -0.2) is 0 Å². The minimum Gasteiger partial charge on any atom is -0.423 e. The molecule has 7 nitrogen and oxygen atoms in total. The van der Waals surface area contributed by atoms with Gasteiger partial charge in [0.2, 0.25) is 0 Å². The Morgan fingerprint density at radius 1 is 1.32 bits per heavy atom. The molecule has 0 saturated heterocycles. The van der Waals surface area contributed by atoms with Crippen molar-refractivity contribution >= 4 is 29.9 Å². The molecule has 0 radical (unpaired) electrons. The van der Waals surface area contributed by atoms with Gasteiger partial charge in [-0.1, -0.05) is 18.2 Å². The number of nitro benzene ring substituents is 1. The van der Waals surface area contributed by atoms with E-state index >= 15 is 0 Å². The lowest BCUT2D eigenvalue weighted by molar-refractivity contribution is -0.385. The first-order valence-electron chi connectivity index (χ1n) is 6.53. The largest absolute Gasteiger partial charge is 0.491 e. The summed E-state index contributed by atoms with van der Waals surface area (Å²) in [6.45, 7) is 0.314. The molecule has 0 aromatic heterocycles. The molecule has 0 aliphatic carbocycles. The van der Waals surface area contributed by atoms with E-state index in [0.717, 1.165) is 5.56 Å². The third kappa shape index (κ3) is 2.57. The molecule has 1 aliphatic rings. The average molecular weight is 298 g/mol. The van der Waals surface area contributed by atoms with Crippen molar-refractivity contribution in [2.24, 2.45) is 0 Å². The number of amides is 1. The summed E-state index contributed by atoms with van der Waals surface area (Å²) in [4.78, 5) is 22.6. The molecule has 0 fully saturated rings. The number of hydrogen-bond acceptors (Lipinski definition) is 5. The summed E-state index contributed by atoms with van der Waals surface area (Å²) in [6, 6.07) is 10.7. The van der Waals surface area contributed by atoms with Gasteiger partial charge in [0, 0.05) is 11.8 Å². The zero-order chi connectivity index (χ0) is 15.7. The Labute approximate surface area is 125 Å². The number of carbonyl (C=O) groups is 1. The van der Waals surface area contributed by atoms with Gasteiger partial charge >= 0.3 is 7.12 Å². The third-order valence-corrected chi connectivity index (χ3v) is 3.41. The number of fused-ring (bicyclic) bond motifs is 1. The SMILES string of the molecule is O=C(Nc1ccc2c(c1)B(O)OC2)c1ccccc1[N+](=O)[O-]. The van der Waals surface area contributed by atoms with Gasteiger partial charge in [-0.05, 0) is 29.2 Å². The molecular weight excluding hydrogens is 287 g/mol. The van der Waals surface area contributed by atoms with Gasteiger partial charge in [-0.3, -0.25) is 14.9 Å². The predicted octanol–water partition coefficient (Wildman–Crippen LogP) is 1.06. The second kappa shape index (κ2) is 5.59. The topological polar surface area (TPSA) is 102 Å². The molecule has 0 saturated carbocycles. The first kappa shape index (κ1) is 14.2. The number of nitro groups is 1. The normalized spacial score (nSPS) is 12.9. The van der Waals surface area contributed by atoms with E-state index in [4.69, 9.17) is 4.65 Å². The molecule has 2 aromatic carbocycles. The third-order valence-electron chi connectivity index (χ3n) is 3.41. The Morgan fingerprint density at radius 3 is 2.86 bits per heavy atom. The molecular formula is C14H11BN2O5. The molecule has 2 aromatic rings. The summed E-state index contributed by atoms with van der Waals surface area (Å²) in [5.41, 5.74) is 1.58. The zero-order valence-electron chi connectivity index (χ0n) is 11.4. The van der Waals surface area contributed by atoms with Crippen LogP contribution in [0.2, 0.25) is 0 Å². The highest BCUT2D eigenvalue weighted by atomic mass is 16.6. The van der Waals surface area contributed by atoms with E-state index in [-0.39, 0.29) is 11.3 Å². The summed E-state index contributed by atoms with van der Waals surface area (Å²) in [5.74, 6) is -0.583. The summed E-state index contributed by atoms with van der Waals surface area (Å²) in [5, 5.41) is 23.2. The number of carbonyl (C=O) groups excluding carboxylic acids is 1. The molecule has 0 spiro atoms. The van der Waals surface area contributed by atoms with Gasteiger partial charge < -0.3 is 15.0 Å². The van der Waals surface area contributed by atoms with Crippen molar-refractivity contribution in [1.29, 1.82) is 0 Å². The Balaban J connectivity index is 1.87. The van der Waals surface area contributed by atoms with Crippen LogP contribution in [0.5, 0.6) is 0 Å². The van der Waals surface area contributed by atoms with E-state index in [1.165, 1.54) is 18.2 Å². The van der Waals surface area contributed by atoms with Crippen LogP contribution in [0.25, 0.3) is 0 Å². The maximum Gasteiger partial charge on any atom is 0.491 e. The number of anilines is 1. The number of benzene rings is 2. The Bertz CT molecular complexity index is 765. The molecule has 3 rings (SSSR count). The van der Waals surface area contributed by atoms with Crippen molar-refractivity contribution in [1.82, 2.24) is 0 Å². The van der Waals surface area contributed by atoms with Gasteiger partial charge in [0.1, 0.15) is 5.56 Å². The summed E-state index contributed by atoms with van der Waals surface area (Å²) in [7, 11) is -1.02. The zero-order valence-corrected chi connectivity index (χ0v) is 11.4. The Hall–Kier alpha value is -2.71. The quantitative estimate of drug-likeness (QED) is 0.501. The van der Waals surface area contributed by atoms with E-state index in [0.29, 0.717) is 17.8 Å². The summed E-state index contributed by atoms with van der Waals surface area (Å²) in [6.07, 6.45) is 0. The van der Waals surface area contributed by atoms with Gasteiger partial charge in [0.25, 0.3) is 11.6 Å². The van der Waals surface area contributed by atoms with Crippen LogP contribution in [-0.4, -0.2) is 23.0 Å². The van der Waals surface area contributed by atoms with Crippen LogP contribution < -0.4 is 10.8 Å². The number of para-hydroxylation sites is 1. The van der Waals surface area contributed by atoms with Gasteiger partial charge in [0.05, 0.1) is 11.5 Å². The van der Waals surface area contributed by atoms with Crippen molar-refractivity contribution in [2.75, 3.05) is 5.32 Å². The first-order valence-corrected chi connectivity index (χ1v) is 6.53. The highest BCUT2D eigenvalue weighted by molar-refractivity contribution is 6.61. The van der Waals surface area contributed by atoms with E-state index in [1.54, 1.807) is 24.3 Å². The van der Waals surface area contributed by atoms with Crippen LogP contribution in [0.3, 0.4) is 0 Å². The summed E-state index contributed by atoms with van der Waals surface area (Å²) >= 11 is 0. The minimum absolute atomic E-state index is 0.0233. The van der Waals surface area contributed by atoms with Crippen LogP contribution in [0.15, 0.2) is 42.5 Å². The second-order valence-electron chi connectivity index (χ2n) is 4.81. The fourth-order valence-electron chi connectivity index (χ4n) is 2.32. The van der Waals surface area contributed by atoms with Crippen LogP contribution in [0.1, 0.15) is 15.9 Å². The number of nitrogens with one attached hydrogen (secondary N) is 1. The van der Waals surface area contributed by atoms with Crippen LogP contribution >= 0.6 is 0 Å². The monoisotopic (exact) mass is 298 g/mol. The van der Waals surface area contributed by atoms with E-state index in [1.807, 2.05) is 0 Å². The molecule has 8 heteroatoms. The average Bonchev–Trinajstić information content (AvgIpc) is 2.88. The fourth-order valence-corrected chi connectivity index (χ4v) is 2.32. The van der Waals surface area contributed by atoms with Gasteiger partial charge in [-0.15, -0.1) is 0 Å². The molecule has 0 unspecified atom stereocenters. The minimum atomic E-state index is -1.02. The Morgan fingerprint density at radius 2 is 2.09 bits per heavy atom. The molecule has 1 heterocycles. The first-order chi connectivity index (χ1) is 10.6. The molecule has 110 valence electrons. The number of hydrogen-bond donors (Lipinski definition) is 2. The molecule has 0 bridgehead atoms. The lowest BCUT2D eigenvalue weighted by Gasteiger charge is -2.07. The molecule has 1 aliphatic heterocycles. The predicted molar refractivity (Wildman–Crippen MR) is 79.9 cm³/mol. The highest BCUT2D eigenvalue weighted by Gasteiger charge is 2.27. The lowest BCUT2D eigenvalue weighted by Crippen LogP contribution is -2.28. The highest BCUT2D eigenvalue weighted by Crippen LogP contribution is 2.20. The standard InChI is InChI=1S/C14H11BN2O5/c18-14(11-3-1-2-4-13(11)17(20)21)16-10-6-5-9-8-22-15(19)12(9)7-10/h1-7,19H,8H2,(H,16,18). The molecule has 2 N–H and O–H groups in total. The molecule has 1 amide bonds. The van der Waals surface area contributed by atoms with E-state index in [9.17, 15) is 19.9 Å². The maximum atomic E-state index is 12.2. The molecule has 0 atom stereocenters. The van der Waals surface area contributed by atoms with Crippen molar-refractivity contribution < 1.29 is 19.4 Å². The number of nitrogens with zero attached hydrogens (tertiary/aromatic N) is 1. The van der Waals surface area contributed by atoms with Gasteiger partial charge in [0.15, 0.2) is 0 Å². The molecule has 22 heavy (non-hydrogen) atoms. The lowest BCUT2D eigenvalue weighted by atomic mass is 9.79. The van der Waals surface area contributed by atoms with Crippen molar-refractivity contribution in [3.8, 4) is 0 Å². The van der Waals surface area contributed by atoms with Crippen LogP contribution in [0.4, 0.5) is 11.4 Å². The van der Waals surface area contributed by atoms with Crippen molar-refractivity contribution in [3.05, 3.63) is 63.7 Å². The second-order valence-corrected chi connectivity index (χ2v) is 4.81. The van der Waals surface area contributed by atoms with E-state index < -0.39 is 17.9 Å². The smallest absolute Gasteiger partial charge is 0.423 e. The van der Waals surface area contributed by atoms with Crippen molar-refractivity contribution in [2.45, 2.75) is 6.61 Å². The maximum absolute atomic E-state index is 12.2. The van der Waals surface area contributed by atoms with Gasteiger partial charge in [-0.2, -0.15) is 0 Å². The van der Waals surface area contributed by atoms with E-state index in [2.05, 4.69) is 5.32 Å². The summed E-state index contributed by atoms with van der Waals surface area (Å²) < 4.78 is 5.07.